The molecule has 0 saturated heterocycles. The zero-order valence-corrected chi connectivity index (χ0v) is 13.4. The van der Waals surface area contributed by atoms with Gasteiger partial charge in [-0.1, -0.05) is 0 Å². The molecule has 2 amide bonds. The number of hydrogen-bond donors (Lipinski definition) is 1. The second-order valence-electron chi connectivity index (χ2n) is 4.35. The summed E-state index contributed by atoms with van der Waals surface area (Å²) in [6.07, 6.45) is 0. The van der Waals surface area contributed by atoms with E-state index < -0.39 is 16.9 Å². The predicted molar refractivity (Wildman–Crippen MR) is 81.4 cm³/mol. The molecule has 0 aliphatic rings. The van der Waals surface area contributed by atoms with Gasteiger partial charge in [0, 0.05) is 29.8 Å². The van der Waals surface area contributed by atoms with Crippen LogP contribution in [0.2, 0.25) is 0 Å². The summed E-state index contributed by atoms with van der Waals surface area (Å²) in [6, 6.07) is 3.32. The largest absolute Gasteiger partial charge is 0.347 e. The molecular weight excluding hydrogens is 377 g/mol. The van der Waals surface area contributed by atoms with Crippen molar-refractivity contribution in [3.8, 4) is 0 Å². The fourth-order valence-electron chi connectivity index (χ4n) is 1.52. The van der Waals surface area contributed by atoms with Gasteiger partial charge in [0.1, 0.15) is 6.04 Å². The van der Waals surface area contributed by atoms with Crippen LogP contribution in [-0.4, -0.2) is 41.8 Å². The summed E-state index contributed by atoms with van der Waals surface area (Å²) in [6.45, 7) is 1.56. The summed E-state index contributed by atoms with van der Waals surface area (Å²) in [5, 5.41) is 13.2. The standard InChI is InChI=1S/C12H14IN3O4/c1-7(12(18)15(2)3)14-11(17)9-6-8(16(19)20)4-5-10(9)13/h4-7H,1-3H3,(H,14,17). The minimum absolute atomic E-state index is 0.165. The minimum atomic E-state index is -0.701. The highest BCUT2D eigenvalue weighted by Crippen LogP contribution is 2.19. The Labute approximate surface area is 129 Å². The van der Waals surface area contributed by atoms with Gasteiger partial charge >= 0.3 is 0 Å². The molecule has 0 bridgehead atoms. The maximum Gasteiger partial charge on any atom is 0.270 e. The quantitative estimate of drug-likeness (QED) is 0.477. The number of nitrogens with zero attached hydrogens (tertiary/aromatic N) is 2. The number of benzene rings is 1. The minimum Gasteiger partial charge on any atom is -0.347 e. The molecule has 0 aliphatic carbocycles. The van der Waals surface area contributed by atoms with Crippen LogP contribution in [0.15, 0.2) is 18.2 Å². The Hall–Kier alpha value is -1.71. The normalized spacial score (nSPS) is 11.6. The first-order chi connectivity index (χ1) is 9.23. The number of halogens is 1. The number of nitrogens with one attached hydrogen (secondary N) is 1. The number of carbonyl (C=O) groups excluding carboxylic acids is 2. The van der Waals surface area contributed by atoms with Crippen molar-refractivity contribution < 1.29 is 14.5 Å². The third-order valence-corrected chi connectivity index (χ3v) is 3.50. The molecule has 1 rings (SSSR count). The number of nitro groups is 1. The molecule has 0 aromatic heterocycles. The van der Waals surface area contributed by atoms with Crippen molar-refractivity contribution in [2.45, 2.75) is 13.0 Å². The van der Waals surface area contributed by atoms with E-state index in [0.717, 1.165) is 0 Å². The third kappa shape index (κ3) is 3.89. The monoisotopic (exact) mass is 391 g/mol. The van der Waals surface area contributed by atoms with Gasteiger partial charge in [0.25, 0.3) is 11.6 Å². The van der Waals surface area contributed by atoms with Crippen molar-refractivity contribution in [3.63, 3.8) is 0 Å². The van der Waals surface area contributed by atoms with Crippen molar-refractivity contribution in [2.24, 2.45) is 0 Å². The first kappa shape index (κ1) is 16.3. The van der Waals surface area contributed by atoms with Gasteiger partial charge in [0.2, 0.25) is 5.91 Å². The summed E-state index contributed by atoms with van der Waals surface area (Å²) in [7, 11) is 3.17. The van der Waals surface area contributed by atoms with E-state index in [-0.39, 0.29) is 17.2 Å². The Kier molecular flexibility index (Phi) is 5.43. The molecule has 1 unspecified atom stereocenters. The zero-order chi connectivity index (χ0) is 15.4. The molecule has 1 N–H and O–H groups in total. The molecule has 0 heterocycles. The van der Waals surface area contributed by atoms with E-state index in [4.69, 9.17) is 0 Å². The molecule has 1 atom stereocenters. The number of nitro benzene ring substituents is 1. The van der Waals surface area contributed by atoms with Crippen molar-refractivity contribution in [3.05, 3.63) is 37.4 Å². The van der Waals surface area contributed by atoms with E-state index in [9.17, 15) is 19.7 Å². The average Bonchev–Trinajstić information content (AvgIpc) is 2.37. The topological polar surface area (TPSA) is 92.5 Å². The van der Waals surface area contributed by atoms with Crippen LogP contribution in [-0.2, 0) is 4.79 Å². The van der Waals surface area contributed by atoms with Gasteiger partial charge in [-0.3, -0.25) is 19.7 Å². The summed E-state index contributed by atoms with van der Waals surface area (Å²) in [5.74, 6) is -0.764. The number of amides is 2. The van der Waals surface area contributed by atoms with Gasteiger partial charge in [-0.05, 0) is 35.6 Å². The van der Waals surface area contributed by atoms with E-state index >= 15 is 0 Å². The van der Waals surface area contributed by atoms with E-state index in [1.165, 1.54) is 23.1 Å². The Bertz CT molecular complexity index is 560. The fourth-order valence-corrected chi connectivity index (χ4v) is 2.10. The van der Waals surface area contributed by atoms with Crippen LogP contribution in [0.3, 0.4) is 0 Å². The molecule has 20 heavy (non-hydrogen) atoms. The van der Waals surface area contributed by atoms with Gasteiger partial charge in [0.05, 0.1) is 10.5 Å². The molecular formula is C12H14IN3O4. The zero-order valence-electron chi connectivity index (χ0n) is 11.2. The van der Waals surface area contributed by atoms with E-state index in [2.05, 4.69) is 5.32 Å². The summed E-state index contributed by atoms with van der Waals surface area (Å²) < 4.78 is 0.579. The second kappa shape index (κ2) is 6.64. The van der Waals surface area contributed by atoms with Crippen LogP contribution in [0, 0.1) is 13.7 Å². The van der Waals surface area contributed by atoms with Crippen molar-refractivity contribution in [2.75, 3.05) is 14.1 Å². The first-order valence-electron chi connectivity index (χ1n) is 5.70. The van der Waals surface area contributed by atoms with Gasteiger partial charge in [-0.15, -0.1) is 0 Å². The SMILES string of the molecule is CC(NC(=O)c1cc([N+](=O)[O-])ccc1I)C(=O)N(C)C. The third-order valence-electron chi connectivity index (χ3n) is 2.56. The smallest absolute Gasteiger partial charge is 0.270 e. The van der Waals surface area contributed by atoms with Gasteiger partial charge in [0.15, 0.2) is 0 Å². The van der Waals surface area contributed by atoms with Crippen LogP contribution in [0.4, 0.5) is 5.69 Å². The highest BCUT2D eigenvalue weighted by molar-refractivity contribution is 14.1. The average molecular weight is 391 g/mol. The molecule has 108 valence electrons. The van der Waals surface area contributed by atoms with Crippen LogP contribution < -0.4 is 5.32 Å². The van der Waals surface area contributed by atoms with Crippen molar-refractivity contribution in [1.82, 2.24) is 10.2 Å². The molecule has 0 fully saturated rings. The molecule has 0 aliphatic heterocycles. The second-order valence-corrected chi connectivity index (χ2v) is 5.51. The van der Waals surface area contributed by atoms with Crippen molar-refractivity contribution in [1.29, 1.82) is 0 Å². The molecule has 0 spiro atoms. The highest BCUT2D eigenvalue weighted by atomic mass is 127. The van der Waals surface area contributed by atoms with E-state index in [1.54, 1.807) is 21.0 Å². The lowest BCUT2D eigenvalue weighted by Gasteiger charge is -2.18. The molecule has 0 radical (unpaired) electrons. The number of likely N-dealkylation sites (N-methyl/N-ethyl adjacent to an activating group) is 1. The Morgan fingerprint density at radius 1 is 1.40 bits per heavy atom. The van der Waals surface area contributed by atoms with Crippen LogP contribution in [0.5, 0.6) is 0 Å². The molecule has 0 saturated carbocycles. The molecule has 1 aromatic carbocycles. The Morgan fingerprint density at radius 2 is 2.00 bits per heavy atom. The number of non-ortho nitro benzene ring substituents is 1. The number of hydrogen-bond acceptors (Lipinski definition) is 4. The number of carbonyl (C=O) groups is 2. The maximum absolute atomic E-state index is 12.1. The van der Waals surface area contributed by atoms with Crippen LogP contribution in [0.1, 0.15) is 17.3 Å². The molecule has 7 nitrogen and oxygen atoms in total. The highest BCUT2D eigenvalue weighted by Gasteiger charge is 2.21. The Morgan fingerprint density at radius 3 is 2.50 bits per heavy atom. The van der Waals surface area contributed by atoms with E-state index in [1.807, 2.05) is 22.6 Å². The first-order valence-corrected chi connectivity index (χ1v) is 6.78. The fraction of sp³-hybridized carbons (Fsp3) is 0.333. The van der Waals surface area contributed by atoms with Crippen LogP contribution >= 0.6 is 22.6 Å². The van der Waals surface area contributed by atoms with Crippen molar-refractivity contribution >= 4 is 40.1 Å². The lowest BCUT2D eigenvalue weighted by atomic mass is 10.1. The molecule has 1 aromatic rings. The van der Waals surface area contributed by atoms with E-state index in [0.29, 0.717) is 3.57 Å². The summed E-state index contributed by atoms with van der Waals surface area (Å²) in [4.78, 5) is 35.3. The summed E-state index contributed by atoms with van der Waals surface area (Å²) in [5.41, 5.74) is 0.0142. The van der Waals surface area contributed by atoms with Gasteiger partial charge in [-0.2, -0.15) is 0 Å². The summed E-state index contributed by atoms with van der Waals surface area (Å²) >= 11 is 1.91. The Balaban J connectivity index is 2.95. The van der Waals surface area contributed by atoms with Gasteiger partial charge in [-0.25, -0.2) is 0 Å². The van der Waals surface area contributed by atoms with Gasteiger partial charge < -0.3 is 10.2 Å². The van der Waals surface area contributed by atoms with Crippen LogP contribution in [0.25, 0.3) is 0 Å². The number of rotatable bonds is 4. The lowest BCUT2D eigenvalue weighted by molar-refractivity contribution is -0.384. The lowest BCUT2D eigenvalue weighted by Crippen LogP contribution is -2.44. The maximum atomic E-state index is 12.1. The molecule has 8 heteroatoms. The predicted octanol–water partition coefficient (Wildman–Crippen LogP) is 1.41.